The van der Waals surface area contributed by atoms with Crippen LogP contribution in [-0.4, -0.2) is 321 Å². The second-order valence-electron chi connectivity index (χ2n) is 18.6. The molecule has 0 spiro atoms. The molecule has 2 aromatic rings. The molecule has 1 N–H and O–H groups in total. The number of amides is 1. The summed E-state index contributed by atoms with van der Waals surface area (Å²) in [5.74, 6) is -0.624. The number of nitrogens with zero attached hydrogens (tertiary/aromatic N) is 1. The van der Waals surface area contributed by atoms with Crippen LogP contribution in [0.25, 0.3) is 10.4 Å². The molecular weight excluding hydrogens is 1230 g/mol. The Bertz CT molecular complexity index is 1790. The number of carbonyl (C=O) groups excluding carboxylic acids is 2. The molecule has 526 valence electrons. The molecule has 90 heavy (non-hydrogen) atoms. The van der Waals surface area contributed by atoms with Crippen molar-refractivity contribution in [2.24, 2.45) is 0 Å². The van der Waals surface area contributed by atoms with Gasteiger partial charge in [0.2, 0.25) is 5.91 Å². The fourth-order valence-electron chi connectivity index (χ4n) is 6.97. The number of ether oxygens (including phenoxy) is 23. The maximum Gasteiger partial charge on any atom is 0.306 e. The fraction of sp³-hybridized carbons (Fsp3) is 0.820. The molecule has 0 saturated heterocycles. The van der Waals surface area contributed by atoms with E-state index in [1.165, 1.54) is 0 Å². The van der Waals surface area contributed by atoms with Crippen molar-refractivity contribution in [3.05, 3.63) is 41.0 Å². The molecular formula is C61H109ClN2O25S. The zero-order valence-electron chi connectivity index (χ0n) is 53.8. The molecule has 0 saturated carbocycles. The Morgan fingerprint density at radius 2 is 0.611 bits per heavy atom. The van der Waals surface area contributed by atoms with Gasteiger partial charge in [-0.05, 0) is 18.1 Å². The van der Waals surface area contributed by atoms with Crippen LogP contribution >= 0.6 is 23.7 Å². The van der Waals surface area contributed by atoms with E-state index in [4.69, 9.17) is 109 Å². The van der Waals surface area contributed by atoms with Crippen molar-refractivity contribution < 1.29 is 119 Å². The number of halogens is 1. The van der Waals surface area contributed by atoms with E-state index in [0.29, 0.717) is 297 Å². The lowest BCUT2D eigenvalue weighted by molar-refractivity contribution is -0.144. The summed E-state index contributed by atoms with van der Waals surface area (Å²) >= 11 is 1.61. The van der Waals surface area contributed by atoms with Crippen LogP contribution in [-0.2, 0) is 125 Å². The summed E-state index contributed by atoms with van der Waals surface area (Å²) in [6.45, 7) is 23.3. The first-order chi connectivity index (χ1) is 44.1. The summed E-state index contributed by atoms with van der Waals surface area (Å²) in [6.07, 6.45) is 0.693. The quantitative estimate of drug-likeness (QED) is 0.0733. The number of esters is 1. The maximum absolute atomic E-state index is 12.1. The first-order valence-corrected chi connectivity index (χ1v) is 32.0. The summed E-state index contributed by atoms with van der Waals surface area (Å²) in [5.41, 5.74) is 5.04. The van der Waals surface area contributed by atoms with E-state index in [9.17, 15) is 9.59 Å². The highest BCUT2D eigenvalue weighted by molar-refractivity contribution is 7.13. The number of hydrogen-bond donors (Lipinski definition) is 1. The zero-order valence-corrected chi connectivity index (χ0v) is 55.4. The molecule has 0 radical (unpaired) electrons. The van der Waals surface area contributed by atoms with Crippen LogP contribution < -0.4 is 5.32 Å². The van der Waals surface area contributed by atoms with Gasteiger partial charge in [-0.15, -0.1) is 23.7 Å². The predicted molar refractivity (Wildman–Crippen MR) is 336 cm³/mol. The lowest BCUT2D eigenvalue weighted by Crippen LogP contribution is -2.28. The van der Waals surface area contributed by atoms with Crippen LogP contribution in [0, 0.1) is 6.92 Å². The van der Waals surface area contributed by atoms with Crippen LogP contribution in [0.4, 0.5) is 0 Å². The molecule has 0 bridgehead atoms. The second-order valence-corrected chi connectivity index (χ2v) is 19.5. The van der Waals surface area contributed by atoms with Gasteiger partial charge in [-0.2, -0.15) is 0 Å². The first kappa shape index (κ1) is 85.2. The van der Waals surface area contributed by atoms with Crippen molar-refractivity contribution in [2.75, 3.05) is 304 Å². The van der Waals surface area contributed by atoms with E-state index >= 15 is 0 Å². The third-order valence-corrected chi connectivity index (χ3v) is 12.6. The number of aryl methyl sites for hydroxylation is 1. The van der Waals surface area contributed by atoms with Gasteiger partial charge in [0.05, 0.1) is 313 Å². The maximum atomic E-state index is 12.1. The Kier molecular flexibility index (Phi) is 66.8. The molecule has 2 rings (SSSR count). The number of methoxy groups -OCH3 is 1. The number of nitrogens with one attached hydrogen (secondary N) is 1. The number of carbonyl (C=O) groups is 2. The highest BCUT2D eigenvalue weighted by Gasteiger charge is 2.10. The molecule has 0 aliphatic rings. The van der Waals surface area contributed by atoms with Crippen molar-refractivity contribution in [1.82, 2.24) is 10.3 Å². The van der Waals surface area contributed by atoms with E-state index in [0.717, 1.165) is 21.7 Å². The van der Waals surface area contributed by atoms with Crippen LogP contribution in [0.5, 0.6) is 0 Å². The third-order valence-electron chi connectivity index (χ3n) is 11.6. The minimum Gasteiger partial charge on any atom is -0.465 e. The zero-order chi connectivity index (χ0) is 63.3. The molecule has 0 fully saturated rings. The molecule has 1 aromatic carbocycles. The molecule has 29 heteroatoms. The molecule has 1 amide bonds. The number of aromatic nitrogens is 1. The average molecular weight is 1340 g/mol. The molecule has 0 aliphatic heterocycles. The minimum atomic E-state index is -0.397. The third kappa shape index (κ3) is 60.2. The molecule has 0 aliphatic carbocycles. The SMILES string of the molecule is COCCOCCOCCOCCOCCOCCOCCOCCOCCOCCOCCOCCOCCOCCOCCOCCOCCOCCOCCOCCOCCOCCNC(=O)CCC(=O)OCCc1ccc(-c2scnc2C)cc1.Cl. The molecule has 27 nitrogen and oxygen atoms in total. The van der Waals surface area contributed by atoms with Crippen molar-refractivity contribution in [1.29, 1.82) is 0 Å². The number of hydrogen-bond acceptors (Lipinski definition) is 27. The van der Waals surface area contributed by atoms with Gasteiger partial charge in [0.1, 0.15) is 0 Å². The van der Waals surface area contributed by atoms with E-state index in [1.807, 2.05) is 24.6 Å². The van der Waals surface area contributed by atoms with Crippen molar-refractivity contribution in [3.63, 3.8) is 0 Å². The Labute approximate surface area is 544 Å². The van der Waals surface area contributed by atoms with Crippen molar-refractivity contribution in [3.8, 4) is 10.4 Å². The second kappa shape index (κ2) is 70.5. The number of rotatable bonds is 73. The van der Waals surface area contributed by atoms with E-state index in [2.05, 4.69) is 22.4 Å². The van der Waals surface area contributed by atoms with Crippen LogP contribution in [0.3, 0.4) is 0 Å². The number of thiazole rings is 1. The van der Waals surface area contributed by atoms with Crippen molar-refractivity contribution in [2.45, 2.75) is 26.2 Å². The van der Waals surface area contributed by atoms with Gasteiger partial charge in [0.15, 0.2) is 0 Å². The topological polar surface area (TPSA) is 271 Å². The highest BCUT2D eigenvalue weighted by Crippen LogP contribution is 2.27. The Morgan fingerprint density at radius 1 is 0.356 bits per heavy atom. The normalized spacial score (nSPS) is 11.4. The van der Waals surface area contributed by atoms with Crippen LogP contribution in [0.15, 0.2) is 29.8 Å². The van der Waals surface area contributed by atoms with Gasteiger partial charge in [0.25, 0.3) is 0 Å². The van der Waals surface area contributed by atoms with Crippen LogP contribution in [0.2, 0.25) is 0 Å². The summed E-state index contributed by atoms with van der Waals surface area (Å²) in [6, 6.07) is 8.16. The summed E-state index contributed by atoms with van der Waals surface area (Å²) in [4.78, 5) is 29.6. The van der Waals surface area contributed by atoms with Crippen molar-refractivity contribution >= 4 is 35.6 Å². The largest absolute Gasteiger partial charge is 0.465 e. The summed E-state index contributed by atoms with van der Waals surface area (Å²) in [5, 5.41) is 2.74. The van der Waals surface area contributed by atoms with Gasteiger partial charge in [-0.25, -0.2) is 4.98 Å². The van der Waals surface area contributed by atoms with Gasteiger partial charge in [-0.3, -0.25) is 9.59 Å². The van der Waals surface area contributed by atoms with Crippen LogP contribution in [0.1, 0.15) is 24.1 Å². The predicted octanol–water partition coefficient (Wildman–Crippen LogP) is 3.52. The van der Waals surface area contributed by atoms with Gasteiger partial charge in [-0.1, -0.05) is 24.3 Å². The Balaban J connectivity index is 0.0000405. The fourth-order valence-corrected chi connectivity index (χ4v) is 7.78. The Morgan fingerprint density at radius 3 is 0.856 bits per heavy atom. The first-order valence-electron chi connectivity index (χ1n) is 31.1. The Hall–Kier alpha value is -2.80. The summed E-state index contributed by atoms with van der Waals surface area (Å²) in [7, 11) is 1.64. The number of benzene rings is 1. The lowest BCUT2D eigenvalue weighted by atomic mass is 10.1. The average Bonchev–Trinajstić information content (AvgIpc) is 2.69. The lowest BCUT2D eigenvalue weighted by Gasteiger charge is -2.09. The molecule has 1 aromatic heterocycles. The van der Waals surface area contributed by atoms with E-state index in [-0.39, 0.29) is 37.8 Å². The smallest absolute Gasteiger partial charge is 0.306 e. The van der Waals surface area contributed by atoms with Gasteiger partial charge < -0.3 is 114 Å². The standard InChI is InChI=1S/C61H108N2O25S.ClH/c1-56-61(89-55-63-56)58-5-3-57(4-6-58)9-11-88-60(65)8-7-59(64)62-10-12-67-15-16-69-19-20-71-23-24-73-27-28-75-31-32-77-35-36-79-39-40-81-43-44-83-47-48-85-51-52-87-54-53-86-50-49-84-46-45-82-42-41-80-38-37-78-34-33-76-30-29-74-26-25-72-22-21-70-18-17-68-14-13-66-2;/h3-6,55H,7-54H2,1-2H3,(H,62,64);1H. The highest BCUT2D eigenvalue weighted by atomic mass is 35.5. The molecule has 0 unspecified atom stereocenters. The van der Waals surface area contributed by atoms with E-state index in [1.54, 1.807) is 18.4 Å². The van der Waals surface area contributed by atoms with Gasteiger partial charge in [0, 0.05) is 26.5 Å². The minimum absolute atomic E-state index is 0. The van der Waals surface area contributed by atoms with Gasteiger partial charge >= 0.3 is 5.97 Å². The molecule has 0 atom stereocenters. The monoisotopic (exact) mass is 1340 g/mol. The van der Waals surface area contributed by atoms with E-state index < -0.39 is 5.97 Å². The molecule has 1 heterocycles. The summed E-state index contributed by atoms with van der Waals surface area (Å²) < 4.78 is 126.